The maximum Gasteiger partial charge on any atom is 0.265 e. The van der Waals surface area contributed by atoms with Crippen molar-refractivity contribution >= 4 is 17.2 Å². The third-order valence-corrected chi connectivity index (χ3v) is 3.99. The van der Waals surface area contributed by atoms with Crippen LogP contribution in [0, 0.1) is 11.8 Å². The first-order valence-electron chi connectivity index (χ1n) is 6.13. The summed E-state index contributed by atoms with van der Waals surface area (Å²) in [6.45, 7) is 1.59. The van der Waals surface area contributed by atoms with Gasteiger partial charge in [0.15, 0.2) is 5.82 Å². The number of aromatic nitrogens is 3. The van der Waals surface area contributed by atoms with E-state index in [1.807, 2.05) is 9.95 Å². The lowest BCUT2D eigenvalue weighted by molar-refractivity contribution is 0.0712. The second kappa shape index (κ2) is 5.45. The van der Waals surface area contributed by atoms with Crippen LogP contribution in [0.5, 0.6) is 0 Å². The van der Waals surface area contributed by atoms with Gasteiger partial charge in [-0.15, -0.1) is 21.5 Å². The van der Waals surface area contributed by atoms with Gasteiger partial charge in [0.1, 0.15) is 17.8 Å². The number of nitrogens with zero attached hydrogens (tertiary/aromatic N) is 4. The molecule has 102 valence electrons. The van der Waals surface area contributed by atoms with Gasteiger partial charge in [-0.2, -0.15) is 0 Å². The molecular weight excluding hydrogens is 276 g/mol. The third-order valence-electron chi connectivity index (χ3n) is 3.09. The highest BCUT2D eigenvalue weighted by molar-refractivity contribution is 7.12. The number of carbonyl (C=O) groups excluding carboxylic acids is 1. The van der Waals surface area contributed by atoms with E-state index in [0.29, 0.717) is 30.1 Å². The number of rotatable bonds is 1. The molecule has 1 amide bonds. The van der Waals surface area contributed by atoms with Crippen LogP contribution in [0.2, 0.25) is 0 Å². The van der Waals surface area contributed by atoms with Crippen LogP contribution in [0.4, 0.5) is 0 Å². The molecule has 0 aliphatic carbocycles. The van der Waals surface area contributed by atoms with Crippen LogP contribution in [0.1, 0.15) is 21.1 Å². The van der Waals surface area contributed by atoms with Gasteiger partial charge in [-0.3, -0.25) is 4.79 Å². The van der Waals surface area contributed by atoms with E-state index in [1.54, 1.807) is 17.3 Å². The van der Waals surface area contributed by atoms with Crippen molar-refractivity contribution in [1.29, 1.82) is 0 Å². The highest BCUT2D eigenvalue weighted by Gasteiger charge is 2.24. The van der Waals surface area contributed by atoms with Crippen LogP contribution in [0.3, 0.4) is 0 Å². The van der Waals surface area contributed by atoms with Crippen LogP contribution < -0.4 is 0 Å². The summed E-state index contributed by atoms with van der Waals surface area (Å²) in [5.74, 6) is 6.13. The van der Waals surface area contributed by atoms with E-state index < -0.39 is 0 Å². The summed E-state index contributed by atoms with van der Waals surface area (Å²) in [5, 5.41) is 18.4. The Morgan fingerprint density at radius 2 is 2.40 bits per heavy atom. The Bertz CT molecular complexity index is 695. The van der Waals surface area contributed by atoms with E-state index in [1.165, 1.54) is 11.3 Å². The lowest BCUT2D eigenvalue weighted by atomic mass is 10.2. The van der Waals surface area contributed by atoms with Crippen molar-refractivity contribution in [1.82, 2.24) is 19.7 Å². The molecule has 1 aliphatic rings. The zero-order valence-electron chi connectivity index (χ0n) is 10.6. The molecule has 0 unspecified atom stereocenters. The summed E-state index contributed by atoms with van der Waals surface area (Å²) in [6, 6.07) is 1.80. The summed E-state index contributed by atoms with van der Waals surface area (Å²) in [4.78, 5) is 14.9. The minimum Gasteiger partial charge on any atom is -0.384 e. The molecule has 1 N–H and O–H groups in total. The predicted molar refractivity (Wildman–Crippen MR) is 73.0 cm³/mol. The van der Waals surface area contributed by atoms with Crippen LogP contribution in [0.25, 0.3) is 0 Å². The summed E-state index contributed by atoms with van der Waals surface area (Å²) < 4.78 is 1.95. The molecule has 3 rings (SSSR count). The molecule has 0 saturated heterocycles. The molecule has 2 aromatic heterocycles. The fraction of sp³-hybridized carbons (Fsp3) is 0.308. The molecule has 6 nitrogen and oxygen atoms in total. The number of hydrogen-bond donors (Lipinski definition) is 1. The largest absolute Gasteiger partial charge is 0.384 e. The molecule has 20 heavy (non-hydrogen) atoms. The summed E-state index contributed by atoms with van der Waals surface area (Å²) in [6.07, 6.45) is 1.68. The number of fused-ring (bicyclic) bond motifs is 1. The van der Waals surface area contributed by atoms with E-state index in [9.17, 15) is 4.79 Å². The fourth-order valence-electron chi connectivity index (χ4n) is 2.09. The molecule has 0 spiro atoms. The Hall–Kier alpha value is -2.17. The third kappa shape index (κ3) is 2.31. The number of aliphatic hydroxyl groups excluding tert-OH is 1. The number of aliphatic hydroxyl groups is 1. The first-order valence-corrected chi connectivity index (χ1v) is 7.00. The number of carbonyl (C=O) groups is 1. The highest BCUT2D eigenvalue weighted by Crippen LogP contribution is 2.20. The van der Waals surface area contributed by atoms with Crippen molar-refractivity contribution in [3.05, 3.63) is 34.0 Å². The van der Waals surface area contributed by atoms with E-state index in [-0.39, 0.29) is 12.5 Å². The quantitative estimate of drug-likeness (QED) is 0.768. The second-order valence-electron chi connectivity index (χ2n) is 4.29. The highest BCUT2D eigenvalue weighted by atomic mass is 32.1. The van der Waals surface area contributed by atoms with E-state index in [2.05, 4.69) is 22.0 Å². The Balaban J connectivity index is 1.82. The monoisotopic (exact) mass is 288 g/mol. The summed E-state index contributed by atoms with van der Waals surface area (Å²) >= 11 is 1.37. The number of amides is 1. The fourth-order valence-corrected chi connectivity index (χ4v) is 2.91. The van der Waals surface area contributed by atoms with Crippen LogP contribution in [0.15, 0.2) is 17.8 Å². The molecule has 0 saturated carbocycles. The van der Waals surface area contributed by atoms with Gasteiger partial charge >= 0.3 is 0 Å². The molecule has 0 fully saturated rings. The SMILES string of the molecule is O=C(c1sccc1C#CCO)N1CCn2cnnc2C1. The van der Waals surface area contributed by atoms with Crippen molar-refractivity contribution in [3.63, 3.8) is 0 Å². The molecule has 0 aromatic carbocycles. The van der Waals surface area contributed by atoms with Gasteiger partial charge in [-0.05, 0) is 11.4 Å². The van der Waals surface area contributed by atoms with Gasteiger partial charge in [0, 0.05) is 18.7 Å². The second-order valence-corrected chi connectivity index (χ2v) is 5.21. The van der Waals surface area contributed by atoms with Crippen molar-refractivity contribution in [2.24, 2.45) is 0 Å². The minimum absolute atomic E-state index is 0.0449. The lowest BCUT2D eigenvalue weighted by Gasteiger charge is -2.26. The molecule has 1 aliphatic heterocycles. The molecule has 0 radical (unpaired) electrons. The molecule has 3 heterocycles. The summed E-state index contributed by atoms with van der Waals surface area (Å²) in [5.41, 5.74) is 0.668. The van der Waals surface area contributed by atoms with Gasteiger partial charge < -0.3 is 14.6 Å². The minimum atomic E-state index is -0.212. The predicted octanol–water partition coefficient (Wildman–Crippen LogP) is 0.339. The smallest absolute Gasteiger partial charge is 0.265 e. The number of thiophene rings is 1. The average molecular weight is 288 g/mol. The van der Waals surface area contributed by atoms with Crippen molar-refractivity contribution in [2.45, 2.75) is 13.1 Å². The maximum atomic E-state index is 12.5. The van der Waals surface area contributed by atoms with Crippen LogP contribution >= 0.6 is 11.3 Å². The molecular formula is C13H12N4O2S. The average Bonchev–Trinajstić information content (AvgIpc) is 3.12. The van der Waals surface area contributed by atoms with Crippen molar-refractivity contribution < 1.29 is 9.90 Å². The van der Waals surface area contributed by atoms with E-state index >= 15 is 0 Å². The van der Waals surface area contributed by atoms with Gasteiger partial charge in [0.2, 0.25) is 0 Å². The zero-order chi connectivity index (χ0) is 13.9. The molecule has 0 bridgehead atoms. The van der Waals surface area contributed by atoms with Gasteiger partial charge in [0.05, 0.1) is 6.54 Å². The van der Waals surface area contributed by atoms with Gasteiger partial charge in [-0.1, -0.05) is 11.8 Å². The lowest BCUT2D eigenvalue weighted by Crippen LogP contribution is -2.38. The normalized spacial score (nSPS) is 13.6. The summed E-state index contributed by atoms with van der Waals surface area (Å²) in [7, 11) is 0. The topological polar surface area (TPSA) is 71.2 Å². The van der Waals surface area contributed by atoms with Crippen molar-refractivity contribution in [3.8, 4) is 11.8 Å². The molecule has 2 aromatic rings. The van der Waals surface area contributed by atoms with Crippen molar-refractivity contribution in [2.75, 3.05) is 13.2 Å². The van der Waals surface area contributed by atoms with Gasteiger partial charge in [-0.25, -0.2) is 0 Å². The van der Waals surface area contributed by atoms with Crippen LogP contribution in [-0.4, -0.2) is 43.8 Å². The van der Waals surface area contributed by atoms with Crippen LogP contribution in [-0.2, 0) is 13.1 Å². The van der Waals surface area contributed by atoms with E-state index in [4.69, 9.17) is 5.11 Å². The number of hydrogen-bond acceptors (Lipinski definition) is 5. The first kappa shape index (κ1) is 12.8. The first-order chi connectivity index (χ1) is 9.79. The Morgan fingerprint density at radius 1 is 1.50 bits per heavy atom. The Kier molecular flexibility index (Phi) is 3.50. The van der Waals surface area contributed by atoms with Gasteiger partial charge in [0.25, 0.3) is 5.91 Å². The molecule has 0 atom stereocenters. The Labute approximate surface area is 119 Å². The Morgan fingerprint density at radius 3 is 3.25 bits per heavy atom. The maximum absolute atomic E-state index is 12.5. The molecule has 7 heteroatoms. The van der Waals surface area contributed by atoms with E-state index in [0.717, 1.165) is 5.82 Å². The zero-order valence-corrected chi connectivity index (χ0v) is 11.4. The standard InChI is InChI=1S/C13H12N4O2S/c18-6-1-2-10-3-7-20-12(10)13(19)16-4-5-17-9-14-15-11(17)8-16/h3,7,9,18H,4-6,8H2.